The van der Waals surface area contributed by atoms with Gasteiger partial charge in [-0.3, -0.25) is 9.59 Å². The van der Waals surface area contributed by atoms with Crippen molar-refractivity contribution in [3.8, 4) is 0 Å². The van der Waals surface area contributed by atoms with Gasteiger partial charge in [0.2, 0.25) is 0 Å². The van der Waals surface area contributed by atoms with Crippen LogP contribution in [-0.2, 0) is 19.1 Å². The third-order valence-electron chi connectivity index (χ3n) is 1.47. The van der Waals surface area contributed by atoms with Crippen LogP contribution in [0.5, 0.6) is 0 Å². The maximum absolute atomic E-state index is 10.9. The number of carbonyl (C=O) groups excluding carboxylic acids is 2. The van der Waals surface area contributed by atoms with Crippen LogP contribution in [0.1, 0.15) is 13.3 Å². The summed E-state index contributed by atoms with van der Waals surface area (Å²) in [6.45, 7) is 2.00. The van der Waals surface area contributed by atoms with Crippen molar-refractivity contribution in [3.05, 3.63) is 0 Å². The lowest BCUT2D eigenvalue weighted by molar-refractivity contribution is -0.162. The largest absolute Gasteiger partial charge is 0.462 e. The van der Waals surface area contributed by atoms with E-state index in [1.165, 1.54) is 0 Å². The highest BCUT2D eigenvalue weighted by atomic mass is 16.6. The van der Waals surface area contributed by atoms with Gasteiger partial charge in [0.1, 0.15) is 13.2 Å². The van der Waals surface area contributed by atoms with Crippen molar-refractivity contribution in [2.75, 3.05) is 13.2 Å². The number of carbonyl (C=O) groups is 2. The molecule has 1 fully saturated rings. The standard InChI is InChI=1S/C7H10O4/c1-5-4-6(8)10-2-3-11-7(5)9/h5H,2-4H2,1H3. The summed E-state index contributed by atoms with van der Waals surface area (Å²) in [6, 6.07) is 0. The highest BCUT2D eigenvalue weighted by molar-refractivity contribution is 5.80. The molecule has 1 aliphatic rings. The van der Waals surface area contributed by atoms with E-state index in [2.05, 4.69) is 4.74 Å². The molecule has 0 spiro atoms. The lowest BCUT2D eigenvalue weighted by atomic mass is 10.1. The van der Waals surface area contributed by atoms with Gasteiger partial charge in [0.15, 0.2) is 0 Å². The molecule has 0 bridgehead atoms. The first-order chi connectivity index (χ1) is 5.20. The fraction of sp³-hybridized carbons (Fsp3) is 0.714. The first kappa shape index (κ1) is 8.04. The fourth-order valence-electron chi connectivity index (χ4n) is 0.832. The molecule has 0 saturated carbocycles. The van der Waals surface area contributed by atoms with Gasteiger partial charge in [0, 0.05) is 0 Å². The second-order valence-electron chi connectivity index (χ2n) is 2.49. The molecular formula is C7H10O4. The minimum Gasteiger partial charge on any atom is -0.462 e. The molecule has 0 aliphatic carbocycles. The zero-order chi connectivity index (χ0) is 8.27. The predicted molar refractivity (Wildman–Crippen MR) is 35.7 cm³/mol. The van der Waals surface area contributed by atoms with Crippen LogP contribution in [0.3, 0.4) is 0 Å². The average molecular weight is 158 g/mol. The van der Waals surface area contributed by atoms with Crippen molar-refractivity contribution >= 4 is 11.9 Å². The molecule has 0 aromatic carbocycles. The minimum absolute atomic E-state index is 0.124. The average Bonchev–Trinajstić information content (AvgIpc) is 1.95. The second-order valence-corrected chi connectivity index (χ2v) is 2.49. The Morgan fingerprint density at radius 2 is 1.91 bits per heavy atom. The van der Waals surface area contributed by atoms with Crippen LogP contribution < -0.4 is 0 Å². The Kier molecular flexibility index (Phi) is 2.46. The summed E-state index contributed by atoms with van der Waals surface area (Å²) in [5, 5.41) is 0. The van der Waals surface area contributed by atoms with Crippen molar-refractivity contribution in [3.63, 3.8) is 0 Å². The van der Waals surface area contributed by atoms with Gasteiger partial charge in [0.25, 0.3) is 0 Å². The van der Waals surface area contributed by atoms with Crippen LogP contribution >= 0.6 is 0 Å². The number of cyclic esters (lactones) is 2. The third kappa shape index (κ3) is 2.22. The van der Waals surface area contributed by atoms with Crippen molar-refractivity contribution < 1.29 is 19.1 Å². The molecule has 62 valence electrons. The molecule has 1 saturated heterocycles. The summed E-state index contributed by atoms with van der Waals surface area (Å²) in [7, 11) is 0. The molecule has 0 aromatic heterocycles. The maximum Gasteiger partial charge on any atom is 0.309 e. The quantitative estimate of drug-likeness (QED) is 0.469. The highest BCUT2D eigenvalue weighted by Gasteiger charge is 2.21. The molecule has 1 heterocycles. The minimum atomic E-state index is -0.372. The van der Waals surface area contributed by atoms with Gasteiger partial charge in [-0.05, 0) is 0 Å². The summed E-state index contributed by atoms with van der Waals surface area (Å²) >= 11 is 0. The van der Waals surface area contributed by atoms with Gasteiger partial charge in [-0.2, -0.15) is 0 Å². The molecular weight excluding hydrogens is 148 g/mol. The van der Waals surface area contributed by atoms with Gasteiger partial charge in [-0.15, -0.1) is 0 Å². The normalized spacial score (nSPS) is 26.5. The van der Waals surface area contributed by atoms with Crippen molar-refractivity contribution in [2.45, 2.75) is 13.3 Å². The Hall–Kier alpha value is -1.06. The van der Waals surface area contributed by atoms with Gasteiger partial charge < -0.3 is 9.47 Å². The van der Waals surface area contributed by atoms with E-state index in [0.29, 0.717) is 0 Å². The van der Waals surface area contributed by atoms with E-state index >= 15 is 0 Å². The molecule has 1 atom stereocenters. The van der Waals surface area contributed by atoms with E-state index in [4.69, 9.17) is 4.74 Å². The fourth-order valence-corrected chi connectivity index (χ4v) is 0.832. The van der Waals surface area contributed by atoms with Crippen LogP contribution in [0.15, 0.2) is 0 Å². The lowest BCUT2D eigenvalue weighted by Crippen LogP contribution is -2.25. The number of esters is 2. The monoisotopic (exact) mass is 158 g/mol. The molecule has 11 heavy (non-hydrogen) atoms. The number of ether oxygens (including phenoxy) is 2. The molecule has 1 unspecified atom stereocenters. The third-order valence-corrected chi connectivity index (χ3v) is 1.47. The van der Waals surface area contributed by atoms with Gasteiger partial charge >= 0.3 is 11.9 Å². The zero-order valence-corrected chi connectivity index (χ0v) is 6.33. The molecule has 4 nitrogen and oxygen atoms in total. The summed E-state index contributed by atoms with van der Waals surface area (Å²) in [5.74, 6) is -1.02. The Bertz CT molecular complexity index is 175. The van der Waals surface area contributed by atoms with Crippen molar-refractivity contribution in [2.24, 2.45) is 5.92 Å². The van der Waals surface area contributed by atoms with Crippen molar-refractivity contribution in [1.29, 1.82) is 0 Å². The maximum atomic E-state index is 10.9. The van der Waals surface area contributed by atoms with Crippen LogP contribution in [0.25, 0.3) is 0 Å². The van der Waals surface area contributed by atoms with E-state index in [9.17, 15) is 9.59 Å². The van der Waals surface area contributed by atoms with Gasteiger partial charge in [-0.25, -0.2) is 0 Å². The highest BCUT2D eigenvalue weighted by Crippen LogP contribution is 2.08. The van der Waals surface area contributed by atoms with E-state index in [0.717, 1.165) is 0 Å². The molecule has 4 heteroatoms. The molecule has 0 amide bonds. The number of hydrogen-bond acceptors (Lipinski definition) is 4. The van der Waals surface area contributed by atoms with E-state index < -0.39 is 0 Å². The lowest BCUT2D eigenvalue weighted by Gasteiger charge is -2.14. The topological polar surface area (TPSA) is 52.6 Å². The van der Waals surface area contributed by atoms with Crippen LogP contribution in [0.4, 0.5) is 0 Å². The van der Waals surface area contributed by atoms with Crippen LogP contribution in [0.2, 0.25) is 0 Å². The summed E-state index contributed by atoms with van der Waals surface area (Å²) in [6.07, 6.45) is 0.124. The molecule has 1 aliphatic heterocycles. The number of rotatable bonds is 0. The van der Waals surface area contributed by atoms with Crippen LogP contribution in [-0.4, -0.2) is 25.2 Å². The van der Waals surface area contributed by atoms with Gasteiger partial charge in [0.05, 0.1) is 12.3 Å². The molecule has 1 rings (SSSR count). The zero-order valence-electron chi connectivity index (χ0n) is 6.33. The van der Waals surface area contributed by atoms with E-state index in [-0.39, 0.29) is 37.5 Å². The molecule has 0 N–H and O–H groups in total. The Morgan fingerprint density at radius 3 is 2.64 bits per heavy atom. The Labute approximate surface area is 64.5 Å². The van der Waals surface area contributed by atoms with E-state index in [1.807, 2.05) is 0 Å². The Balaban J connectivity index is 2.51. The van der Waals surface area contributed by atoms with Crippen LogP contribution in [0, 0.1) is 5.92 Å². The van der Waals surface area contributed by atoms with Crippen molar-refractivity contribution in [1.82, 2.24) is 0 Å². The first-order valence-electron chi connectivity index (χ1n) is 3.52. The Morgan fingerprint density at radius 1 is 1.27 bits per heavy atom. The first-order valence-corrected chi connectivity index (χ1v) is 3.52. The smallest absolute Gasteiger partial charge is 0.309 e. The molecule has 0 aromatic rings. The SMILES string of the molecule is CC1CC(=O)OCCOC1=O. The van der Waals surface area contributed by atoms with Gasteiger partial charge in [-0.1, -0.05) is 6.92 Å². The predicted octanol–water partition coefficient (Wildman–Crippen LogP) is 0.113. The van der Waals surface area contributed by atoms with E-state index in [1.54, 1.807) is 6.92 Å². The summed E-state index contributed by atoms with van der Waals surface area (Å²) in [5.41, 5.74) is 0. The summed E-state index contributed by atoms with van der Waals surface area (Å²) < 4.78 is 9.41. The summed E-state index contributed by atoms with van der Waals surface area (Å²) in [4.78, 5) is 21.6. The number of hydrogen-bond donors (Lipinski definition) is 0. The molecule has 0 radical (unpaired) electrons. The second kappa shape index (κ2) is 3.37.